The predicted octanol–water partition coefficient (Wildman–Crippen LogP) is 2.39. The Morgan fingerprint density at radius 1 is 1.26 bits per heavy atom. The van der Waals surface area contributed by atoms with Gasteiger partial charge in [0.05, 0.1) is 12.2 Å². The minimum Gasteiger partial charge on any atom is -0.494 e. The van der Waals surface area contributed by atoms with Crippen molar-refractivity contribution in [2.75, 3.05) is 5.32 Å². The first-order valence-corrected chi connectivity index (χ1v) is 10.0. The topological polar surface area (TPSA) is 111 Å². The van der Waals surface area contributed by atoms with Crippen LogP contribution in [0, 0.1) is 5.82 Å². The third-order valence-electron chi connectivity index (χ3n) is 5.20. The number of hydrogen-bond donors (Lipinski definition) is 4. The summed E-state index contributed by atoms with van der Waals surface area (Å²) in [5, 5.41) is 28.0. The highest BCUT2D eigenvalue weighted by Crippen LogP contribution is 2.23. The maximum absolute atomic E-state index is 13.3. The monoisotopic (exact) mass is 420 g/mol. The molecule has 31 heavy (non-hydrogen) atoms. The van der Waals surface area contributed by atoms with E-state index in [4.69, 9.17) is 9.98 Å². The van der Waals surface area contributed by atoms with Gasteiger partial charge < -0.3 is 15.5 Å². The highest BCUT2D eigenvalue weighted by Gasteiger charge is 2.20. The SMILES string of the molecule is CC(Nc1cc(=NC2CC2)n2ncc(=Cc3cc(O)[nH]c3O)c2n1)c1ccc(F)cc1. The molecule has 0 radical (unpaired) electrons. The van der Waals surface area contributed by atoms with Crippen LogP contribution in [0.5, 0.6) is 11.8 Å². The number of aromatic amines is 1. The van der Waals surface area contributed by atoms with Crippen molar-refractivity contribution in [3.05, 3.63) is 70.2 Å². The van der Waals surface area contributed by atoms with Crippen LogP contribution < -0.4 is 16.0 Å². The number of nitrogens with zero attached hydrogens (tertiary/aromatic N) is 4. The van der Waals surface area contributed by atoms with Crippen molar-refractivity contribution in [2.24, 2.45) is 4.99 Å². The number of benzene rings is 1. The average Bonchev–Trinajstić information content (AvgIpc) is 3.37. The second-order valence-corrected chi connectivity index (χ2v) is 7.72. The van der Waals surface area contributed by atoms with E-state index >= 15 is 0 Å². The number of anilines is 1. The molecule has 0 spiro atoms. The molecule has 158 valence electrons. The molecule has 5 rings (SSSR count). The van der Waals surface area contributed by atoms with E-state index in [9.17, 15) is 14.6 Å². The summed E-state index contributed by atoms with van der Waals surface area (Å²) in [5.74, 6) is 0.0616. The molecule has 3 aromatic heterocycles. The molecule has 9 heteroatoms. The Kier molecular flexibility index (Phi) is 4.58. The summed E-state index contributed by atoms with van der Waals surface area (Å²) >= 11 is 0. The fraction of sp³-hybridized carbons (Fsp3) is 0.227. The lowest BCUT2D eigenvalue weighted by Crippen LogP contribution is -2.21. The lowest BCUT2D eigenvalue weighted by molar-refractivity contribution is 0.425. The van der Waals surface area contributed by atoms with Crippen LogP contribution in [0.2, 0.25) is 0 Å². The minimum absolute atomic E-state index is 0.106. The van der Waals surface area contributed by atoms with Crippen LogP contribution in [0.3, 0.4) is 0 Å². The molecule has 0 saturated heterocycles. The molecule has 8 nitrogen and oxygen atoms in total. The van der Waals surface area contributed by atoms with Gasteiger partial charge in [-0.25, -0.2) is 9.37 Å². The van der Waals surface area contributed by atoms with Crippen molar-refractivity contribution in [1.29, 1.82) is 0 Å². The number of aromatic hydroxyl groups is 2. The minimum atomic E-state index is -0.278. The van der Waals surface area contributed by atoms with E-state index < -0.39 is 0 Å². The maximum Gasteiger partial charge on any atom is 0.198 e. The summed E-state index contributed by atoms with van der Waals surface area (Å²) < 4.78 is 14.9. The van der Waals surface area contributed by atoms with Crippen LogP contribution in [0.4, 0.5) is 10.2 Å². The molecule has 1 unspecified atom stereocenters. The van der Waals surface area contributed by atoms with Crippen LogP contribution in [0.25, 0.3) is 11.7 Å². The number of halogens is 1. The van der Waals surface area contributed by atoms with Crippen molar-refractivity contribution in [2.45, 2.75) is 31.8 Å². The number of H-pyrrole nitrogens is 1. The van der Waals surface area contributed by atoms with Gasteiger partial charge in [-0.3, -0.25) is 9.98 Å². The number of rotatable bonds is 5. The molecule has 0 bridgehead atoms. The molecule has 0 aliphatic heterocycles. The molecule has 1 aromatic carbocycles. The molecule has 1 aliphatic carbocycles. The summed E-state index contributed by atoms with van der Waals surface area (Å²) in [7, 11) is 0. The Labute approximate surface area is 176 Å². The van der Waals surface area contributed by atoms with Crippen molar-refractivity contribution in [1.82, 2.24) is 19.6 Å². The summed E-state index contributed by atoms with van der Waals surface area (Å²) in [6, 6.07) is 9.79. The van der Waals surface area contributed by atoms with Crippen molar-refractivity contribution >= 4 is 17.5 Å². The molecule has 4 N–H and O–H groups in total. The van der Waals surface area contributed by atoms with E-state index in [1.54, 1.807) is 28.9 Å². The standard InChI is InChI=1S/C22H21FN6O2/c1-12(13-2-4-16(23)5-3-13)25-18-10-19(26-17-6-7-17)29-21(27-18)15(11-24-29)8-14-9-20(30)28-22(14)31/h2-5,8-12,17,25,28,30-31H,6-7H2,1H3. The van der Waals surface area contributed by atoms with Gasteiger partial charge in [-0.1, -0.05) is 12.1 Å². The molecule has 1 fully saturated rings. The fourth-order valence-corrected chi connectivity index (χ4v) is 3.40. The van der Waals surface area contributed by atoms with E-state index in [0.717, 1.165) is 18.4 Å². The normalized spacial score (nSPS) is 16.2. The summed E-state index contributed by atoms with van der Waals surface area (Å²) in [4.78, 5) is 11.9. The van der Waals surface area contributed by atoms with E-state index in [2.05, 4.69) is 15.4 Å². The van der Waals surface area contributed by atoms with Crippen LogP contribution in [-0.4, -0.2) is 35.8 Å². The lowest BCUT2D eigenvalue weighted by Gasteiger charge is -2.15. The summed E-state index contributed by atoms with van der Waals surface area (Å²) in [6.45, 7) is 1.97. The first-order valence-electron chi connectivity index (χ1n) is 10.0. The number of nitrogens with one attached hydrogen (secondary N) is 2. The molecular formula is C22H21FN6O2. The van der Waals surface area contributed by atoms with Gasteiger partial charge in [0.2, 0.25) is 0 Å². The van der Waals surface area contributed by atoms with Crippen LogP contribution in [-0.2, 0) is 0 Å². The molecule has 4 aromatic rings. The van der Waals surface area contributed by atoms with Crippen LogP contribution in [0.1, 0.15) is 36.9 Å². The van der Waals surface area contributed by atoms with Gasteiger partial charge in [0.15, 0.2) is 22.9 Å². The zero-order valence-electron chi connectivity index (χ0n) is 16.7. The van der Waals surface area contributed by atoms with E-state index in [0.29, 0.717) is 27.7 Å². The number of fused-ring (bicyclic) bond motifs is 1. The second-order valence-electron chi connectivity index (χ2n) is 7.72. The molecule has 1 saturated carbocycles. The van der Waals surface area contributed by atoms with Gasteiger partial charge in [-0.15, -0.1) is 0 Å². The lowest BCUT2D eigenvalue weighted by atomic mass is 10.1. The summed E-state index contributed by atoms with van der Waals surface area (Å²) in [5.41, 5.74) is 2.60. The molecule has 0 amide bonds. The average molecular weight is 420 g/mol. The second kappa shape index (κ2) is 7.42. The Morgan fingerprint density at radius 3 is 2.71 bits per heavy atom. The van der Waals surface area contributed by atoms with Crippen molar-refractivity contribution in [3.8, 4) is 11.8 Å². The van der Waals surface area contributed by atoms with Gasteiger partial charge in [-0.05, 0) is 43.5 Å². The zero-order valence-corrected chi connectivity index (χ0v) is 16.7. The van der Waals surface area contributed by atoms with Crippen molar-refractivity contribution < 1.29 is 14.6 Å². The van der Waals surface area contributed by atoms with E-state index in [1.165, 1.54) is 18.2 Å². The van der Waals surface area contributed by atoms with Crippen LogP contribution in [0.15, 0.2) is 47.6 Å². The predicted molar refractivity (Wildman–Crippen MR) is 113 cm³/mol. The Bertz CT molecular complexity index is 1370. The first kappa shape index (κ1) is 19.1. The maximum atomic E-state index is 13.3. The van der Waals surface area contributed by atoms with Gasteiger partial charge >= 0.3 is 0 Å². The molecular weight excluding hydrogens is 399 g/mol. The molecule has 3 heterocycles. The Balaban J connectivity index is 1.60. The highest BCUT2D eigenvalue weighted by atomic mass is 19.1. The van der Waals surface area contributed by atoms with Gasteiger partial charge in [0.25, 0.3) is 0 Å². The van der Waals surface area contributed by atoms with Gasteiger partial charge in [0.1, 0.15) is 11.6 Å². The largest absolute Gasteiger partial charge is 0.494 e. The highest BCUT2D eigenvalue weighted by molar-refractivity contribution is 5.62. The summed E-state index contributed by atoms with van der Waals surface area (Å²) in [6.07, 6.45) is 5.44. The van der Waals surface area contributed by atoms with Crippen molar-refractivity contribution in [3.63, 3.8) is 0 Å². The first-order chi connectivity index (χ1) is 15.0. The smallest absolute Gasteiger partial charge is 0.198 e. The Hall–Kier alpha value is -3.88. The third kappa shape index (κ3) is 3.94. The number of aromatic nitrogens is 4. The third-order valence-corrected chi connectivity index (χ3v) is 5.20. The van der Waals surface area contributed by atoms with E-state index in [1.807, 2.05) is 13.0 Å². The quantitative estimate of drug-likeness (QED) is 0.396. The molecule has 1 atom stereocenters. The van der Waals surface area contributed by atoms with Crippen LogP contribution >= 0.6 is 0 Å². The molecule has 1 aliphatic rings. The Morgan fingerprint density at radius 2 is 2.03 bits per heavy atom. The van der Waals surface area contributed by atoms with Gasteiger partial charge in [0, 0.05) is 29.0 Å². The zero-order chi connectivity index (χ0) is 21.5. The van der Waals surface area contributed by atoms with Gasteiger partial charge in [-0.2, -0.15) is 9.61 Å². The van der Waals surface area contributed by atoms with E-state index in [-0.39, 0.29) is 29.7 Å². The fourth-order valence-electron chi connectivity index (χ4n) is 3.40. The number of hydrogen-bond acceptors (Lipinski definition) is 6.